The first kappa shape index (κ1) is 16.8. The van der Waals surface area contributed by atoms with E-state index in [9.17, 15) is 4.79 Å². The molecule has 0 saturated heterocycles. The van der Waals surface area contributed by atoms with Crippen molar-refractivity contribution in [2.45, 2.75) is 19.9 Å². The highest BCUT2D eigenvalue weighted by molar-refractivity contribution is 6.38. The number of hydrogen-bond donors (Lipinski definition) is 1. The minimum Gasteiger partial charge on any atom is -0.363 e. The number of aldehydes is 1. The normalized spacial score (nSPS) is 13.4. The molecule has 4 rings (SSSR count). The largest absolute Gasteiger partial charge is 0.363 e. The van der Waals surface area contributed by atoms with Crippen molar-refractivity contribution in [3.05, 3.63) is 34.5 Å². The highest BCUT2D eigenvalue weighted by Gasteiger charge is 2.22. The van der Waals surface area contributed by atoms with Crippen molar-refractivity contribution < 1.29 is 4.79 Å². The number of aryl methyl sites for hydroxylation is 2. The van der Waals surface area contributed by atoms with Gasteiger partial charge in [-0.25, -0.2) is 9.97 Å². The van der Waals surface area contributed by atoms with Crippen LogP contribution in [0.25, 0.3) is 22.2 Å². The van der Waals surface area contributed by atoms with Gasteiger partial charge in [0.25, 0.3) is 0 Å². The van der Waals surface area contributed by atoms with E-state index >= 15 is 0 Å². The topological polar surface area (TPSA) is 63.1 Å². The Morgan fingerprint density at radius 3 is 2.81 bits per heavy atom. The molecular weight excluding hydrogens is 350 g/mol. The number of anilines is 2. The summed E-state index contributed by atoms with van der Waals surface area (Å²) in [6, 6.07) is 3.86. The molecule has 7 heteroatoms. The Labute approximate surface area is 156 Å². The number of rotatable bonds is 3. The number of nitrogens with zero attached hydrogens (tertiary/aromatic N) is 4. The molecule has 26 heavy (non-hydrogen) atoms. The molecule has 0 fully saturated rings. The second kappa shape index (κ2) is 6.29. The van der Waals surface area contributed by atoms with Crippen LogP contribution in [0.4, 0.5) is 11.8 Å². The summed E-state index contributed by atoms with van der Waals surface area (Å²) in [5.74, 6) is 1.65. The number of aromatic nitrogens is 3. The molecule has 0 saturated carbocycles. The Balaban J connectivity index is 1.97. The summed E-state index contributed by atoms with van der Waals surface area (Å²) in [7, 11) is 3.90. The third-order valence-electron chi connectivity index (χ3n) is 4.80. The second-order valence-electron chi connectivity index (χ2n) is 6.76. The second-order valence-corrected chi connectivity index (χ2v) is 7.14. The molecule has 0 atom stereocenters. The van der Waals surface area contributed by atoms with Gasteiger partial charge in [0.05, 0.1) is 10.5 Å². The molecule has 0 aliphatic carbocycles. The van der Waals surface area contributed by atoms with E-state index in [1.165, 1.54) is 0 Å². The number of imidazole rings is 1. The average Bonchev–Trinajstić information content (AvgIpc) is 3.03. The van der Waals surface area contributed by atoms with Crippen LogP contribution in [0.2, 0.25) is 5.02 Å². The molecule has 1 N–H and O–H groups in total. The number of halogens is 1. The van der Waals surface area contributed by atoms with E-state index in [0.717, 1.165) is 59.8 Å². The Bertz CT molecular complexity index is 1020. The minimum absolute atomic E-state index is 0.553. The first-order valence-electron chi connectivity index (χ1n) is 8.57. The average molecular weight is 370 g/mol. The Kier molecular flexibility index (Phi) is 4.07. The van der Waals surface area contributed by atoms with Crippen LogP contribution < -0.4 is 10.2 Å². The van der Waals surface area contributed by atoms with E-state index in [0.29, 0.717) is 16.1 Å². The van der Waals surface area contributed by atoms with Gasteiger partial charge in [0.2, 0.25) is 5.95 Å². The van der Waals surface area contributed by atoms with Crippen LogP contribution in [0.3, 0.4) is 0 Å². The standard InChI is InChI=1S/C19H20ClN5O/c1-11-7-15(24(2)3)22-9-14(11)13-8-12(10-26)18-17(16(13)20)23-19-21-5-4-6-25(18)19/h7-10H,4-6H2,1-3H3,(H,21,23). The van der Waals surface area contributed by atoms with Crippen molar-refractivity contribution >= 4 is 40.7 Å². The molecule has 1 aromatic carbocycles. The molecule has 3 aromatic rings. The van der Waals surface area contributed by atoms with E-state index in [-0.39, 0.29) is 0 Å². The van der Waals surface area contributed by atoms with Crippen molar-refractivity contribution in [2.75, 3.05) is 30.9 Å². The number of benzene rings is 1. The van der Waals surface area contributed by atoms with Crippen LogP contribution in [0.15, 0.2) is 18.3 Å². The van der Waals surface area contributed by atoms with Crippen molar-refractivity contribution in [3.63, 3.8) is 0 Å². The van der Waals surface area contributed by atoms with Crippen LogP contribution in [-0.2, 0) is 6.54 Å². The fourth-order valence-corrected chi connectivity index (χ4v) is 3.74. The molecule has 0 bridgehead atoms. The Morgan fingerprint density at radius 2 is 2.12 bits per heavy atom. The smallest absolute Gasteiger partial charge is 0.203 e. The predicted molar refractivity (Wildman–Crippen MR) is 106 cm³/mol. The number of hydrogen-bond acceptors (Lipinski definition) is 5. The molecule has 1 aliphatic rings. The van der Waals surface area contributed by atoms with E-state index in [4.69, 9.17) is 11.6 Å². The van der Waals surface area contributed by atoms with Crippen LogP contribution in [0.1, 0.15) is 22.3 Å². The van der Waals surface area contributed by atoms with Gasteiger partial charge in [-0.15, -0.1) is 0 Å². The van der Waals surface area contributed by atoms with Gasteiger partial charge in [-0.2, -0.15) is 0 Å². The lowest BCUT2D eigenvalue weighted by atomic mass is 9.99. The number of carbonyl (C=O) groups is 1. The van der Waals surface area contributed by atoms with Crippen LogP contribution in [-0.4, -0.2) is 41.5 Å². The molecule has 6 nitrogen and oxygen atoms in total. The number of carbonyl (C=O) groups excluding carboxylic acids is 1. The Morgan fingerprint density at radius 1 is 1.31 bits per heavy atom. The molecule has 0 radical (unpaired) electrons. The molecular formula is C19H20ClN5O. The third kappa shape index (κ3) is 2.52. The fraction of sp³-hybridized carbons (Fsp3) is 0.316. The van der Waals surface area contributed by atoms with Crippen LogP contribution in [0, 0.1) is 6.92 Å². The van der Waals surface area contributed by atoms with Crippen molar-refractivity contribution in [1.29, 1.82) is 0 Å². The quantitative estimate of drug-likeness (QED) is 0.712. The maximum atomic E-state index is 11.8. The van der Waals surface area contributed by atoms with Gasteiger partial charge < -0.3 is 14.8 Å². The maximum Gasteiger partial charge on any atom is 0.203 e. The first-order valence-corrected chi connectivity index (χ1v) is 8.95. The fourth-order valence-electron chi connectivity index (χ4n) is 3.46. The van der Waals surface area contributed by atoms with E-state index in [2.05, 4.69) is 15.3 Å². The number of pyridine rings is 1. The summed E-state index contributed by atoms with van der Waals surface area (Å²) in [5, 5.41) is 3.83. The molecule has 134 valence electrons. The van der Waals surface area contributed by atoms with Gasteiger partial charge in [0.1, 0.15) is 11.3 Å². The van der Waals surface area contributed by atoms with E-state index in [1.807, 2.05) is 42.6 Å². The molecule has 0 amide bonds. The Hall–Kier alpha value is -2.60. The minimum atomic E-state index is 0.553. The van der Waals surface area contributed by atoms with Crippen molar-refractivity contribution in [1.82, 2.24) is 14.5 Å². The van der Waals surface area contributed by atoms with Crippen LogP contribution >= 0.6 is 11.6 Å². The zero-order valence-corrected chi connectivity index (χ0v) is 15.8. The van der Waals surface area contributed by atoms with E-state index in [1.54, 1.807) is 6.20 Å². The zero-order valence-electron chi connectivity index (χ0n) is 15.0. The third-order valence-corrected chi connectivity index (χ3v) is 5.18. The van der Waals surface area contributed by atoms with Crippen molar-refractivity contribution in [3.8, 4) is 11.1 Å². The summed E-state index contributed by atoms with van der Waals surface area (Å²) in [5.41, 5.74) is 4.79. The van der Waals surface area contributed by atoms with Gasteiger partial charge in [-0.3, -0.25) is 4.79 Å². The van der Waals surface area contributed by atoms with E-state index < -0.39 is 0 Å². The van der Waals surface area contributed by atoms with Gasteiger partial charge in [-0.05, 0) is 31.0 Å². The van der Waals surface area contributed by atoms with Gasteiger partial charge in [0, 0.05) is 50.1 Å². The maximum absolute atomic E-state index is 11.8. The molecule has 0 spiro atoms. The number of nitrogens with one attached hydrogen (secondary N) is 1. The van der Waals surface area contributed by atoms with Crippen molar-refractivity contribution in [2.24, 2.45) is 0 Å². The zero-order chi connectivity index (χ0) is 18.4. The highest BCUT2D eigenvalue weighted by atomic mass is 35.5. The predicted octanol–water partition coefficient (Wildman–Crippen LogP) is 3.75. The summed E-state index contributed by atoms with van der Waals surface area (Å²) >= 11 is 6.74. The molecule has 3 heterocycles. The monoisotopic (exact) mass is 369 g/mol. The summed E-state index contributed by atoms with van der Waals surface area (Å²) in [6.07, 6.45) is 3.67. The van der Waals surface area contributed by atoms with Gasteiger partial charge >= 0.3 is 0 Å². The molecule has 2 aromatic heterocycles. The number of fused-ring (bicyclic) bond motifs is 3. The summed E-state index contributed by atoms with van der Waals surface area (Å²) in [4.78, 5) is 22.9. The van der Waals surface area contributed by atoms with Gasteiger partial charge in [-0.1, -0.05) is 11.6 Å². The summed E-state index contributed by atoms with van der Waals surface area (Å²) in [6.45, 7) is 3.72. The molecule has 0 unspecified atom stereocenters. The molecule has 1 aliphatic heterocycles. The lowest BCUT2D eigenvalue weighted by Gasteiger charge is -2.17. The summed E-state index contributed by atoms with van der Waals surface area (Å²) < 4.78 is 2.04. The van der Waals surface area contributed by atoms with Crippen LogP contribution in [0.5, 0.6) is 0 Å². The lowest BCUT2D eigenvalue weighted by molar-refractivity contribution is 0.112. The first-order chi connectivity index (χ1) is 12.5. The van der Waals surface area contributed by atoms with Gasteiger partial charge in [0.15, 0.2) is 6.29 Å². The SMILES string of the molecule is Cc1cc(N(C)C)ncc1-c1cc(C=O)c2c(nc3n2CCCN3)c1Cl. The lowest BCUT2D eigenvalue weighted by Crippen LogP contribution is -2.17. The highest BCUT2D eigenvalue weighted by Crippen LogP contribution is 2.39.